The van der Waals surface area contributed by atoms with E-state index < -0.39 is 23.7 Å². The molecule has 0 spiro atoms. The molecule has 7 nitrogen and oxygen atoms in total. The predicted molar refractivity (Wildman–Crippen MR) is 135 cm³/mol. The quantitative estimate of drug-likeness (QED) is 0.396. The molecule has 2 N–H and O–H groups in total. The SMILES string of the molecule is CCc1cc(Br)cc(C)c1NC(=O)CSC1=C(C#N)[C@H](c2ccccc2)[C@H](C(=O)OC)C(=O)N1. The summed E-state index contributed by atoms with van der Waals surface area (Å²) in [5.41, 5.74) is 3.54. The number of anilines is 1. The molecule has 9 heteroatoms. The lowest BCUT2D eigenvalue weighted by Crippen LogP contribution is -2.44. The van der Waals surface area contributed by atoms with Crippen molar-refractivity contribution in [3.05, 3.63) is 74.2 Å². The molecule has 0 saturated carbocycles. The Balaban J connectivity index is 1.88. The third kappa shape index (κ3) is 5.51. The van der Waals surface area contributed by atoms with Crippen LogP contribution in [0.4, 0.5) is 5.69 Å². The summed E-state index contributed by atoms with van der Waals surface area (Å²) >= 11 is 4.53. The molecule has 1 aliphatic heterocycles. The Morgan fingerprint density at radius 3 is 2.59 bits per heavy atom. The number of rotatable bonds is 7. The molecule has 0 aliphatic carbocycles. The van der Waals surface area contributed by atoms with E-state index in [2.05, 4.69) is 32.6 Å². The van der Waals surface area contributed by atoms with Gasteiger partial charge in [-0.2, -0.15) is 5.26 Å². The molecule has 1 heterocycles. The van der Waals surface area contributed by atoms with E-state index in [0.29, 0.717) is 5.56 Å². The summed E-state index contributed by atoms with van der Waals surface area (Å²) in [6, 6.07) is 14.9. The number of nitrogens with one attached hydrogen (secondary N) is 2. The summed E-state index contributed by atoms with van der Waals surface area (Å²) in [6.07, 6.45) is 0.747. The molecule has 0 bridgehead atoms. The average molecular weight is 542 g/mol. The van der Waals surface area contributed by atoms with Crippen molar-refractivity contribution in [3.8, 4) is 6.07 Å². The molecule has 2 aromatic rings. The minimum absolute atomic E-state index is 0.0240. The van der Waals surface area contributed by atoms with Gasteiger partial charge in [-0.3, -0.25) is 14.4 Å². The van der Waals surface area contributed by atoms with Crippen molar-refractivity contribution in [1.29, 1.82) is 5.26 Å². The van der Waals surface area contributed by atoms with E-state index in [9.17, 15) is 19.6 Å². The van der Waals surface area contributed by atoms with Crippen LogP contribution in [0.3, 0.4) is 0 Å². The number of halogens is 1. The highest BCUT2D eigenvalue weighted by molar-refractivity contribution is 9.10. The van der Waals surface area contributed by atoms with Crippen LogP contribution < -0.4 is 10.6 Å². The van der Waals surface area contributed by atoms with Gasteiger partial charge in [0.2, 0.25) is 11.8 Å². The summed E-state index contributed by atoms with van der Waals surface area (Å²) in [5.74, 6) is -3.59. The second-order valence-corrected chi connectivity index (χ2v) is 9.58. The van der Waals surface area contributed by atoms with E-state index >= 15 is 0 Å². The standard InChI is InChI=1S/C25H24BrN3O4S/c1-4-15-11-17(26)10-14(2)22(15)28-19(30)13-34-24-18(12-27)20(16-8-6-5-7-9-16)21(23(31)29-24)25(32)33-3/h5-11,20-21H,4,13H2,1-3H3,(H,28,30)(H,29,31)/t20-,21-/m0/s1. The van der Waals surface area contributed by atoms with Crippen LogP contribution in [0.15, 0.2) is 57.5 Å². The van der Waals surface area contributed by atoms with Crippen LogP contribution in [0.2, 0.25) is 0 Å². The number of carbonyl (C=O) groups excluding carboxylic acids is 3. The summed E-state index contributed by atoms with van der Waals surface area (Å²) < 4.78 is 5.78. The summed E-state index contributed by atoms with van der Waals surface area (Å²) in [4.78, 5) is 38.1. The summed E-state index contributed by atoms with van der Waals surface area (Å²) in [6.45, 7) is 3.93. The van der Waals surface area contributed by atoms with Gasteiger partial charge in [0, 0.05) is 16.1 Å². The third-order valence-electron chi connectivity index (χ3n) is 5.52. The second-order valence-electron chi connectivity index (χ2n) is 7.68. The maximum atomic E-state index is 12.9. The molecular weight excluding hydrogens is 518 g/mol. The van der Waals surface area contributed by atoms with Crippen molar-refractivity contribution in [2.45, 2.75) is 26.2 Å². The highest BCUT2D eigenvalue weighted by Crippen LogP contribution is 2.40. The van der Waals surface area contributed by atoms with E-state index in [-0.39, 0.29) is 22.3 Å². The maximum Gasteiger partial charge on any atom is 0.319 e. The van der Waals surface area contributed by atoms with Gasteiger partial charge in [0.15, 0.2) is 0 Å². The van der Waals surface area contributed by atoms with Gasteiger partial charge in [0.05, 0.1) is 29.5 Å². The highest BCUT2D eigenvalue weighted by atomic mass is 79.9. The first-order valence-corrected chi connectivity index (χ1v) is 12.4. The number of methoxy groups -OCH3 is 1. The fourth-order valence-corrected chi connectivity index (χ4v) is 5.39. The van der Waals surface area contributed by atoms with E-state index in [0.717, 1.165) is 39.5 Å². The Bertz CT molecular complexity index is 1190. The normalized spacial score (nSPS) is 17.6. The molecule has 3 rings (SSSR count). The number of nitriles is 1. The molecular formula is C25H24BrN3O4S. The van der Waals surface area contributed by atoms with Gasteiger partial charge in [0.25, 0.3) is 0 Å². The Labute approximate surface area is 211 Å². The Morgan fingerprint density at radius 2 is 1.97 bits per heavy atom. The molecule has 2 aromatic carbocycles. The zero-order chi connectivity index (χ0) is 24.8. The predicted octanol–water partition coefficient (Wildman–Crippen LogP) is 4.43. The summed E-state index contributed by atoms with van der Waals surface area (Å²) in [7, 11) is 1.21. The fourth-order valence-electron chi connectivity index (χ4n) is 3.92. The number of thioether (sulfide) groups is 1. The van der Waals surface area contributed by atoms with Crippen molar-refractivity contribution in [3.63, 3.8) is 0 Å². The van der Waals surface area contributed by atoms with Crippen LogP contribution in [0, 0.1) is 24.2 Å². The lowest BCUT2D eigenvalue weighted by Gasteiger charge is -2.30. The smallest absolute Gasteiger partial charge is 0.319 e. The van der Waals surface area contributed by atoms with Crippen LogP contribution in [-0.4, -0.2) is 30.6 Å². The first-order chi connectivity index (χ1) is 16.3. The first-order valence-electron chi connectivity index (χ1n) is 10.6. The number of hydrogen-bond acceptors (Lipinski definition) is 6. The van der Waals surface area contributed by atoms with E-state index in [1.165, 1.54) is 7.11 Å². The molecule has 0 radical (unpaired) electrons. The molecule has 34 heavy (non-hydrogen) atoms. The van der Waals surface area contributed by atoms with Gasteiger partial charge in [-0.1, -0.05) is 64.9 Å². The van der Waals surface area contributed by atoms with Crippen LogP contribution in [0.5, 0.6) is 0 Å². The number of ether oxygens (including phenoxy) is 1. The van der Waals surface area contributed by atoms with E-state index in [1.807, 2.05) is 32.0 Å². The highest BCUT2D eigenvalue weighted by Gasteiger charge is 2.44. The Morgan fingerprint density at radius 1 is 1.26 bits per heavy atom. The van der Waals surface area contributed by atoms with Crippen molar-refractivity contribution < 1.29 is 19.1 Å². The molecule has 0 aromatic heterocycles. The number of benzene rings is 2. The molecule has 176 valence electrons. The van der Waals surface area contributed by atoms with Crippen molar-refractivity contribution >= 4 is 51.2 Å². The lowest BCUT2D eigenvalue weighted by molar-refractivity contribution is -0.150. The Hall–Kier alpha value is -3.09. The van der Waals surface area contributed by atoms with E-state index in [1.54, 1.807) is 24.3 Å². The van der Waals surface area contributed by atoms with Gasteiger partial charge in [-0.25, -0.2) is 0 Å². The monoisotopic (exact) mass is 541 g/mol. The van der Waals surface area contributed by atoms with Gasteiger partial charge >= 0.3 is 5.97 Å². The van der Waals surface area contributed by atoms with Gasteiger partial charge in [0.1, 0.15) is 5.92 Å². The maximum absolute atomic E-state index is 12.9. The zero-order valence-electron chi connectivity index (χ0n) is 19.0. The van der Waals surface area contributed by atoms with Crippen LogP contribution in [0.1, 0.15) is 29.5 Å². The molecule has 2 amide bonds. The topological polar surface area (TPSA) is 108 Å². The molecule has 0 saturated heterocycles. The van der Waals surface area contributed by atoms with Gasteiger partial charge < -0.3 is 15.4 Å². The second kappa shape index (κ2) is 11.4. The zero-order valence-corrected chi connectivity index (χ0v) is 21.4. The molecule has 1 aliphatic rings. The number of allylic oxidation sites excluding steroid dienone is 1. The lowest BCUT2D eigenvalue weighted by atomic mass is 9.78. The molecule has 0 unspecified atom stereocenters. The summed E-state index contributed by atoms with van der Waals surface area (Å²) in [5, 5.41) is 15.8. The van der Waals surface area contributed by atoms with Crippen LogP contribution in [-0.2, 0) is 25.5 Å². The van der Waals surface area contributed by atoms with Crippen molar-refractivity contribution in [2.75, 3.05) is 18.2 Å². The fraction of sp³-hybridized carbons (Fsp3) is 0.280. The van der Waals surface area contributed by atoms with E-state index in [4.69, 9.17) is 4.74 Å². The largest absolute Gasteiger partial charge is 0.468 e. The van der Waals surface area contributed by atoms with Gasteiger partial charge in [-0.15, -0.1) is 0 Å². The third-order valence-corrected chi connectivity index (χ3v) is 6.99. The number of aryl methyl sites for hydroxylation is 2. The Kier molecular flexibility index (Phi) is 8.53. The average Bonchev–Trinajstić information content (AvgIpc) is 2.83. The minimum atomic E-state index is -1.20. The molecule has 0 fully saturated rings. The van der Waals surface area contributed by atoms with Crippen LogP contribution in [0.25, 0.3) is 0 Å². The van der Waals surface area contributed by atoms with Crippen LogP contribution >= 0.6 is 27.7 Å². The first kappa shape index (κ1) is 25.5. The number of hydrogen-bond donors (Lipinski definition) is 2. The van der Waals surface area contributed by atoms with Crippen molar-refractivity contribution in [1.82, 2.24) is 5.32 Å². The number of nitrogens with zero attached hydrogens (tertiary/aromatic N) is 1. The molecule has 2 atom stereocenters. The number of carbonyl (C=O) groups is 3. The number of amides is 2. The van der Waals surface area contributed by atoms with Crippen molar-refractivity contribution in [2.24, 2.45) is 5.92 Å². The minimum Gasteiger partial charge on any atom is -0.468 e. The number of esters is 1. The van der Waals surface area contributed by atoms with Gasteiger partial charge in [-0.05, 0) is 42.2 Å².